The van der Waals surface area contributed by atoms with Crippen LogP contribution in [0.3, 0.4) is 0 Å². The number of primary amides is 1. The number of ether oxygens (including phenoxy) is 1. The number of pyridine rings is 1. The van der Waals surface area contributed by atoms with E-state index in [0.29, 0.717) is 31.1 Å². The highest BCUT2D eigenvalue weighted by Crippen LogP contribution is 2.30. The van der Waals surface area contributed by atoms with Gasteiger partial charge in [-0.2, -0.15) is 0 Å². The van der Waals surface area contributed by atoms with Crippen LogP contribution in [0.4, 0.5) is 5.82 Å². The molecule has 1 fully saturated rings. The van der Waals surface area contributed by atoms with Crippen LogP contribution < -0.4 is 11.1 Å². The summed E-state index contributed by atoms with van der Waals surface area (Å²) in [5.41, 5.74) is 5.38. The summed E-state index contributed by atoms with van der Waals surface area (Å²) in [6.45, 7) is 2.12. The van der Waals surface area contributed by atoms with Crippen molar-refractivity contribution in [2.75, 3.05) is 31.7 Å². The molecule has 1 saturated heterocycles. The van der Waals surface area contributed by atoms with Crippen molar-refractivity contribution in [1.29, 1.82) is 0 Å². The predicted molar refractivity (Wildman–Crippen MR) is 70.8 cm³/mol. The van der Waals surface area contributed by atoms with Crippen molar-refractivity contribution in [2.45, 2.75) is 12.8 Å². The molecule has 6 heteroatoms. The van der Waals surface area contributed by atoms with E-state index in [1.807, 2.05) is 0 Å². The number of nitrogens with two attached hydrogens (primary N) is 1. The van der Waals surface area contributed by atoms with Gasteiger partial charge in [0.15, 0.2) is 0 Å². The van der Waals surface area contributed by atoms with Crippen LogP contribution in [0, 0.1) is 5.41 Å². The lowest BCUT2D eigenvalue weighted by atomic mass is 9.81. The second-order valence-corrected chi connectivity index (χ2v) is 4.92. The fourth-order valence-corrected chi connectivity index (χ4v) is 2.12. The van der Waals surface area contributed by atoms with Crippen LogP contribution in [-0.2, 0) is 4.74 Å². The summed E-state index contributed by atoms with van der Waals surface area (Å²) in [6.07, 6.45) is 3.10. The van der Waals surface area contributed by atoms with E-state index in [4.69, 9.17) is 10.5 Å². The van der Waals surface area contributed by atoms with E-state index in [1.54, 1.807) is 12.1 Å². The average Bonchev–Trinajstić information content (AvgIpc) is 2.46. The maximum absolute atomic E-state index is 10.9. The Morgan fingerprint density at radius 2 is 2.21 bits per heavy atom. The molecular formula is C13H19N3O3. The molecule has 0 atom stereocenters. The van der Waals surface area contributed by atoms with Gasteiger partial charge in [0.25, 0.3) is 0 Å². The predicted octanol–water partition coefficient (Wildman–Crippen LogP) is 0.381. The minimum absolute atomic E-state index is 0.128. The lowest BCUT2D eigenvalue weighted by Crippen LogP contribution is -2.39. The first kappa shape index (κ1) is 13.8. The summed E-state index contributed by atoms with van der Waals surface area (Å²) in [7, 11) is 0. The Balaban J connectivity index is 1.95. The van der Waals surface area contributed by atoms with Crippen molar-refractivity contribution >= 4 is 11.7 Å². The summed E-state index contributed by atoms with van der Waals surface area (Å²) in [5, 5.41) is 12.8. The number of nitrogens with one attached hydrogen (secondary N) is 1. The average molecular weight is 265 g/mol. The number of anilines is 1. The van der Waals surface area contributed by atoms with Gasteiger partial charge >= 0.3 is 0 Å². The van der Waals surface area contributed by atoms with Crippen LogP contribution in [0.25, 0.3) is 0 Å². The van der Waals surface area contributed by atoms with Crippen LogP contribution in [-0.4, -0.2) is 42.4 Å². The van der Waals surface area contributed by atoms with Crippen molar-refractivity contribution in [1.82, 2.24) is 4.98 Å². The molecule has 4 N–H and O–H groups in total. The summed E-state index contributed by atoms with van der Waals surface area (Å²) in [4.78, 5) is 15.1. The first-order chi connectivity index (χ1) is 9.15. The molecule has 1 aromatic rings. The second-order valence-electron chi connectivity index (χ2n) is 4.92. The minimum Gasteiger partial charge on any atom is -0.396 e. The molecule has 0 aliphatic carbocycles. The second kappa shape index (κ2) is 5.99. The molecule has 0 unspecified atom stereocenters. The molecule has 104 valence electrons. The Kier molecular flexibility index (Phi) is 4.34. The van der Waals surface area contributed by atoms with E-state index in [1.165, 1.54) is 6.20 Å². The van der Waals surface area contributed by atoms with E-state index >= 15 is 0 Å². The molecule has 0 bridgehead atoms. The van der Waals surface area contributed by atoms with Crippen molar-refractivity contribution in [3.05, 3.63) is 23.9 Å². The zero-order chi connectivity index (χ0) is 13.7. The quantitative estimate of drug-likeness (QED) is 0.715. The molecular weight excluding hydrogens is 246 g/mol. The normalized spacial score (nSPS) is 17.9. The van der Waals surface area contributed by atoms with E-state index < -0.39 is 5.91 Å². The van der Waals surface area contributed by atoms with Gasteiger partial charge in [-0.1, -0.05) is 0 Å². The molecule has 19 heavy (non-hydrogen) atoms. The molecule has 0 saturated carbocycles. The molecule has 1 amide bonds. The van der Waals surface area contributed by atoms with Gasteiger partial charge in [0.2, 0.25) is 5.91 Å². The molecule has 0 radical (unpaired) electrons. The summed E-state index contributed by atoms with van der Waals surface area (Å²) >= 11 is 0. The van der Waals surface area contributed by atoms with Gasteiger partial charge < -0.3 is 20.9 Å². The number of aliphatic hydroxyl groups is 1. The molecule has 1 aromatic heterocycles. The Morgan fingerprint density at radius 1 is 1.47 bits per heavy atom. The Labute approximate surface area is 112 Å². The third-order valence-corrected chi connectivity index (χ3v) is 3.58. The summed E-state index contributed by atoms with van der Waals surface area (Å²) in [5.74, 6) is 0.180. The SMILES string of the molecule is NC(=O)c1ccc(NCC2(CO)CCOCC2)nc1. The molecule has 6 nitrogen and oxygen atoms in total. The highest BCUT2D eigenvalue weighted by molar-refractivity contribution is 5.92. The fourth-order valence-electron chi connectivity index (χ4n) is 2.12. The highest BCUT2D eigenvalue weighted by Gasteiger charge is 2.31. The zero-order valence-corrected chi connectivity index (χ0v) is 10.8. The molecule has 2 heterocycles. The van der Waals surface area contributed by atoms with Crippen LogP contribution in [0.1, 0.15) is 23.2 Å². The first-order valence-corrected chi connectivity index (χ1v) is 6.34. The highest BCUT2D eigenvalue weighted by atomic mass is 16.5. The molecule has 2 rings (SSSR count). The third kappa shape index (κ3) is 3.42. The number of rotatable bonds is 5. The lowest BCUT2D eigenvalue weighted by molar-refractivity contribution is -0.00861. The van der Waals surface area contributed by atoms with Gasteiger partial charge in [-0.05, 0) is 25.0 Å². The molecule has 1 aliphatic rings. The minimum atomic E-state index is -0.490. The van der Waals surface area contributed by atoms with E-state index in [-0.39, 0.29) is 12.0 Å². The van der Waals surface area contributed by atoms with E-state index in [9.17, 15) is 9.90 Å². The van der Waals surface area contributed by atoms with Gasteiger partial charge in [-0.25, -0.2) is 4.98 Å². The number of amides is 1. The zero-order valence-electron chi connectivity index (χ0n) is 10.8. The molecule has 0 spiro atoms. The van der Waals surface area contributed by atoms with Gasteiger partial charge in [-0.15, -0.1) is 0 Å². The van der Waals surface area contributed by atoms with Crippen LogP contribution in [0.15, 0.2) is 18.3 Å². The van der Waals surface area contributed by atoms with Crippen molar-refractivity contribution in [3.63, 3.8) is 0 Å². The van der Waals surface area contributed by atoms with Gasteiger partial charge in [0.1, 0.15) is 5.82 Å². The van der Waals surface area contributed by atoms with Crippen molar-refractivity contribution in [3.8, 4) is 0 Å². The maximum atomic E-state index is 10.9. The van der Waals surface area contributed by atoms with E-state index in [0.717, 1.165) is 12.8 Å². The summed E-state index contributed by atoms with van der Waals surface area (Å²) < 4.78 is 5.31. The Bertz CT molecular complexity index is 427. The van der Waals surface area contributed by atoms with Gasteiger partial charge in [0.05, 0.1) is 12.2 Å². The number of aliphatic hydroxyl groups excluding tert-OH is 1. The standard InChI is InChI=1S/C13H19N3O3/c14-12(18)10-1-2-11(15-7-10)16-8-13(9-17)3-5-19-6-4-13/h1-2,7,17H,3-6,8-9H2,(H2,14,18)(H,15,16). The lowest BCUT2D eigenvalue weighted by Gasteiger charge is -2.35. The third-order valence-electron chi connectivity index (χ3n) is 3.58. The van der Waals surface area contributed by atoms with Gasteiger partial charge in [0, 0.05) is 31.4 Å². The van der Waals surface area contributed by atoms with Crippen molar-refractivity contribution < 1.29 is 14.6 Å². The Morgan fingerprint density at radius 3 is 2.74 bits per heavy atom. The number of hydrogen-bond donors (Lipinski definition) is 3. The Hall–Kier alpha value is -1.66. The largest absolute Gasteiger partial charge is 0.396 e. The number of nitrogens with zero attached hydrogens (tertiary/aromatic N) is 1. The summed E-state index contributed by atoms with van der Waals surface area (Å²) in [6, 6.07) is 3.35. The molecule has 1 aliphatic heterocycles. The number of carbonyl (C=O) groups is 1. The number of carbonyl (C=O) groups excluding carboxylic acids is 1. The maximum Gasteiger partial charge on any atom is 0.250 e. The van der Waals surface area contributed by atoms with E-state index in [2.05, 4.69) is 10.3 Å². The smallest absolute Gasteiger partial charge is 0.250 e. The number of hydrogen-bond acceptors (Lipinski definition) is 5. The van der Waals surface area contributed by atoms with Crippen LogP contribution in [0.5, 0.6) is 0 Å². The van der Waals surface area contributed by atoms with Crippen LogP contribution >= 0.6 is 0 Å². The topological polar surface area (TPSA) is 97.5 Å². The van der Waals surface area contributed by atoms with Crippen molar-refractivity contribution in [2.24, 2.45) is 11.1 Å². The first-order valence-electron chi connectivity index (χ1n) is 6.34. The monoisotopic (exact) mass is 265 g/mol. The van der Waals surface area contributed by atoms with Crippen LogP contribution in [0.2, 0.25) is 0 Å². The number of aromatic nitrogens is 1. The van der Waals surface area contributed by atoms with Gasteiger partial charge in [-0.3, -0.25) is 4.79 Å². The fraction of sp³-hybridized carbons (Fsp3) is 0.538. The molecule has 0 aromatic carbocycles.